The Labute approximate surface area is 281 Å². The first-order chi connectivity index (χ1) is 23.1. The number of aliphatic hydroxyl groups excluding tert-OH is 2. The van der Waals surface area contributed by atoms with Crippen LogP contribution < -0.4 is 9.64 Å². The van der Waals surface area contributed by atoms with Crippen molar-refractivity contribution in [1.82, 2.24) is 9.80 Å². The smallest absolute Gasteiger partial charge is 0.333 e. The summed E-state index contributed by atoms with van der Waals surface area (Å²) < 4.78 is 5.97. The predicted octanol–water partition coefficient (Wildman–Crippen LogP) is 5.48. The van der Waals surface area contributed by atoms with E-state index >= 15 is 0 Å². The zero-order valence-electron chi connectivity index (χ0n) is 27.8. The summed E-state index contributed by atoms with van der Waals surface area (Å²) in [4.78, 5) is 56.3. The number of para-hydroxylation sites is 1. The Morgan fingerprint density at radius 3 is 1.92 bits per heavy atom. The molecule has 2 aliphatic rings. The highest BCUT2D eigenvalue weighted by molar-refractivity contribution is 6.28. The molecule has 0 saturated carbocycles. The van der Waals surface area contributed by atoms with E-state index in [0.717, 1.165) is 33.9 Å². The molecule has 4 amide bonds. The minimum absolute atomic E-state index is 0.0395. The van der Waals surface area contributed by atoms with Gasteiger partial charge in [0.25, 0.3) is 17.5 Å². The highest BCUT2D eigenvalue weighted by atomic mass is 16.6. The summed E-state index contributed by atoms with van der Waals surface area (Å²) in [5, 5.41) is 29.9. The molecule has 258 valence electrons. The van der Waals surface area contributed by atoms with Gasteiger partial charge in [-0.2, -0.15) is 0 Å². The molecule has 0 unspecified atom stereocenters. The number of unbranched alkanes of at least 4 members (excludes halogenated alkanes) is 6. The van der Waals surface area contributed by atoms with E-state index in [0.29, 0.717) is 63.1 Å². The SMILES string of the molecule is CC1(C)/C(=C\C=C2C(=O)N(CCCCCCO)C(=O)N(CCCCCCO)C2=O)N(CCOc2ccccc2)c2ccc([N+](=O)[O-])cc21. The number of nitro benzene ring substituents is 1. The number of benzene rings is 2. The number of nitrogens with zero attached hydrogens (tertiary/aromatic N) is 4. The van der Waals surface area contributed by atoms with Crippen LogP contribution in [-0.4, -0.2) is 82.2 Å². The average molecular weight is 663 g/mol. The number of hydrogen-bond donors (Lipinski definition) is 2. The van der Waals surface area contributed by atoms with Crippen molar-refractivity contribution < 1.29 is 34.3 Å². The Bertz CT molecular complexity index is 1480. The number of ether oxygens (including phenoxy) is 1. The number of carbonyl (C=O) groups excluding carboxylic acids is 3. The van der Waals surface area contributed by atoms with Gasteiger partial charge in [0.2, 0.25) is 0 Å². The van der Waals surface area contributed by atoms with Gasteiger partial charge < -0.3 is 19.8 Å². The molecular weight excluding hydrogens is 616 g/mol. The van der Waals surface area contributed by atoms with E-state index in [9.17, 15) is 24.5 Å². The topological polar surface area (TPSA) is 154 Å². The molecule has 4 rings (SSSR count). The zero-order chi connectivity index (χ0) is 34.7. The number of nitro groups is 1. The van der Waals surface area contributed by atoms with Crippen molar-refractivity contribution in [2.45, 2.75) is 70.6 Å². The van der Waals surface area contributed by atoms with Gasteiger partial charge >= 0.3 is 6.03 Å². The van der Waals surface area contributed by atoms with E-state index in [4.69, 9.17) is 14.9 Å². The molecule has 0 aromatic heterocycles. The van der Waals surface area contributed by atoms with E-state index in [1.54, 1.807) is 18.2 Å². The van der Waals surface area contributed by atoms with Crippen molar-refractivity contribution in [3.63, 3.8) is 0 Å². The van der Waals surface area contributed by atoms with Gasteiger partial charge in [0.15, 0.2) is 0 Å². The Morgan fingerprint density at radius 1 is 0.771 bits per heavy atom. The lowest BCUT2D eigenvalue weighted by Crippen LogP contribution is -2.56. The maximum atomic E-state index is 13.7. The van der Waals surface area contributed by atoms with Crippen molar-refractivity contribution in [3.05, 3.63) is 87.6 Å². The first kappa shape index (κ1) is 36.3. The van der Waals surface area contributed by atoms with Crippen LogP contribution in [0.15, 0.2) is 72.0 Å². The number of carbonyl (C=O) groups is 3. The van der Waals surface area contributed by atoms with Crippen molar-refractivity contribution in [2.75, 3.05) is 44.4 Å². The fourth-order valence-corrected chi connectivity index (χ4v) is 6.16. The molecule has 1 saturated heterocycles. The molecule has 1 fully saturated rings. The van der Waals surface area contributed by atoms with E-state index in [2.05, 4.69) is 0 Å². The summed E-state index contributed by atoms with van der Waals surface area (Å²) in [7, 11) is 0. The lowest BCUT2D eigenvalue weighted by Gasteiger charge is -2.34. The van der Waals surface area contributed by atoms with E-state index in [-0.39, 0.29) is 37.6 Å². The maximum Gasteiger partial charge on any atom is 0.333 e. The highest BCUT2D eigenvalue weighted by Gasteiger charge is 2.43. The van der Waals surface area contributed by atoms with Gasteiger partial charge in [0.1, 0.15) is 17.9 Å². The predicted molar refractivity (Wildman–Crippen MR) is 182 cm³/mol. The minimum Gasteiger partial charge on any atom is -0.492 e. The molecule has 0 aliphatic carbocycles. The Hall–Kier alpha value is -4.55. The lowest BCUT2D eigenvalue weighted by molar-refractivity contribution is -0.384. The second kappa shape index (κ2) is 17.0. The van der Waals surface area contributed by atoms with Crippen molar-refractivity contribution in [3.8, 4) is 5.75 Å². The molecule has 12 nitrogen and oxygen atoms in total. The van der Waals surface area contributed by atoms with Crippen molar-refractivity contribution in [1.29, 1.82) is 0 Å². The normalized spacial score (nSPS) is 16.6. The molecule has 0 radical (unpaired) electrons. The number of allylic oxidation sites excluding steroid dienone is 3. The molecule has 2 heterocycles. The quantitative estimate of drug-likeness (QED) is 0.0695. The number of fused-ring (bicyclic) bond motifs is 1. The van der Waals surface area contributed by atoms with Gasteiger partial charge in [0.05, 0.1) is 11.5 Å². The molecule has 2 aromatic carbocycles. The maximum absolute atomic E-state index is 13.7. The van der Waals surface area contributed by atoms with Crippen LogP contribution in [0.2, 0.25) is 0 Å². The van der Waals surface area contributed by atoms with Crippen LogP contribution in [0.4, 0.5) is 16.2 Å². The van der Waals surface area contributed by atoms with E-state index in [1.165, 1.54) is 12.1 Å². The number of barbiturate groups is 1. The second-order valence-corrected chi connectivity index (χ2v) is 12.5. The molecule has 0 bridgehead atoms. The summed E-state index contributed by atoms with van der Waals surface area (Å²) in [5.74, 6) is -0.629. The monoisotopic (exact) mass is 662 g/mol. The number of aliphatic hydroxyl groups is 2. The van der Waals surface area contributed by atoms with Gasteiger partial charge in [-0.1, -0.05) is 57.7 Å². The Balaban J connectivity index is 1.67. The van der Waals surface area contributed by atoms with Gasteiger partial charge in [0, 0.05) is 55.2 Å². The van der Waals surface area contributed by atoms with Crippen LogP contribution in [0, 0.1) is 10.1 Å². The van der Waals surface area contributed by atoms with Gasteiger partial charge in [-0.3, -0.25) is 29.5 Å². The summed E-state index contributed by atoms with van der Waals surface area (Å²) in [6, 6.07) is 13.4. The van der Waals surface area contributed by atoms with E-state index in [1.807, 2.05) is 49.1 Å². The Kier molecular flexibility index (Phi) is 12.9. The molecule has 2 aromatic rings. The summed E-state index contributed by atoms with van der Waals surface area (Å²) in [6.45, 7) is 5.00. The largest absolute Gasteiger partial charge is 0.492 e. The Morgan fingerprint density at radius 2 is 1.35 bits per heavy atom. The molecule has 12 heteroatoms. The summed E-state index contributed by atoms with van der Waals surface area (Å²) in [5.41, 5.74) is 1.30. The van der Waals surface area contributed by atoms with Gasteiger partial charge in [-0.05, 0) is 61.6 Å². The molecule has 2 aliphatic heterocycles. The standard InChI is InChI=1S/C36H46N4O8/c1-36(2)30-26-27(40(46)47)16-18-31(30)37(22-25-48-28-14-8-7-9-15-28)32(36)19-17-29-33(43)38(20-10-3-5-12-23-41)35(45)39(34(29)44)21-11-4-6-13-24-42/h7-9,14-19,26,41-42H,3-6,10-13,20-25H2,1-2H3/b32-19+. The van der Waals surface area contributed by atoms with Crippen LogP contribution in [-0.2, 0) is 15.0 Å². The number of imide groups is 2. The fraction of sp³-hybridized carbons (Fsp3) is 0.472. The number of anilines is 1. The summed E-state index contributed by atoms with van der Waals surface area (Å²) in [6.07, 6.45) is 8.47. The van der Waals surface area contributed by atoms with Gasteiger partial charge in [-0.15, -0.1) is 0 Å². The third-order valence-electron chi connectivity index (χ3n) is 8.81. The first-order valence-corrected chi connectivity index (χ1v) is 16.7. The molecule has 0 atom stereocenters. The number of amides is 4. The van der Waals surface area contributed by atoms with Crippen molar-refractivity contribution in [2.24, 2.45) is 0 Å². The zero-order valence-corrected chi connectivity index (χ0v) is 27.8. The van der Waals surface area contributed by atoms with Crippen LogP contribution in [0.1, 0.15) is 70.8 Å². The third-order valence-corrected chi connectivity index (χ3v) is 8.81. The highest BCUT2D eigenvalue weighted by Crippen LogP contribution is 2.48. The number of hydrogen-bond acceptors (Lipinski definition) is 9. The number of non-ortho nitro benzene ring substituents is 1. The van der Waals surface area contributed by atoms with Crippen LogP contribution >= 0.6 is 0 Å². The lowest BCUT2D eigenvalue weighted by atomic mass is 9.83. The molecule has 0 spiro atoms. The third kappa shape index (κ3) is 8.48. The van der Waals surface area contributed by atoms with Crippen LogP contribution in [0.5, 0.6) is 5.75 Å². The van der Waals surface area contributed by atoms with Crippen molar-refractivity contribution >= 4 is 29.2 Å². The molecule has 48 heavy (non-hydrogen) atoms. The summed E-state index contributed by atoms with van der Waals surface area (Å²) >= 11 is 0. The first-order valence-electron chi connectivity index (χ1n) is 16.7. The molecular formula is C36H46N4O8. The average Bonchev–Trinajstić information content (AvgIpc) is 3.28. The van der Waals surface area contributed by atoms with Gasteiger partial charge in [-0.25, -0.2) is 4.79 Å². The minimum atomic E-state index is -0.736. The molecule has 2 N–H and O–H groups in total. The second-order valence-electron chi connectivity index (χ2n) is 12.5. The van der Waals surface area contributed by atoms with Crippen LogP contribution in [0.25, 0.3) is 0 Å². The van der Waals surface area contributed by atoms with Crippen LogP contribution in [0.3, 0.4) is 0 Å². The number of urea groups is 1. The number of rotatable bonds is 18. The van der Waals surface area contributed by atoms with E-state index < -0.39 is 28.2 Å². The fourth-order valence-electron chi connectivity index (χ4n) is 6.16.